The number of aryl methyl sites for hydroxylation is 1. The maximum atomic E-state index is 10.6. The highest BCUT2D eigenvalue weighted by Gasteiger charge is 2.09. The second kappa shape index (κ2) is 3.26. The minimum atomic E-state index is -0.989. The number of aromatic nitrogens is 2. The molecule has 0 saturated carbocycles. The third-order valence-corrected chi connectivity index (χ3v) is 2.79. The van der Waals surface area contributed by atoms with E-state index < -0.39 is 5.97 Å². The van der Waals surface area contributed by atoms with Gasteiger partial charge in [-0.1, -0.05) is 0 Å². The molecule has 5 heteroatoms. The molecule has 0 aliphatic rings. The molecule has 2 N–H and O–H groups in total. The summed E-state index contributed by atoms with van der Waals surface area (Å²) in [5.41, 5.74) is 0.117. The number of hydrogen-bond acceptors (Lipinski definition) is 3. The fraction of sp³-hybridized carbons (Fsp3) is 0.111. The van der Waals surface area contributed by atoms with Crippen molar-refractivity contribution in [2.24, 2.45) is 0 Å². The molecular weight excluding hydrogens is 200 g/mol. The summed E-state index contributed by atoms with van der Waals surface area (Å²) < 4.78 is 0. The van der Waals surface area contributed by atoms with E-state index in [9.17, 15) is 4.79 Å². The standard InChI is InChI=1S/C9H8N2O2S/c1-5-2-3-7(14-5)8-10-4-6(11-8)9(12)13/h2-4H,1H3,(H,10,11)(H,12,13). The van der Waals surface area contributed by atoms with Gasteiger partial charge in [-0.25, -0.2) is 9.78 Å². The molecule has 0 aliphatic heterocycles. The van der Waals surface area contributed by atoms with E-state index in [1.54, 1.807) is 11.3 Å². The van der Waals surface area contributed by atoms with Gasteiger partial charge in [-0.15, -0.1) is 11.3 Å². The van der Waals surface area contributed by atoms with Crippen LogP contribution in [-0.2, 0) is 0 Å². The lowest BCUT2D eigenvalue weighted by atomic mass is 10.4. The van der Waals surface area contributed by atoms with E-state index >= 15 is 0 Å². The highest BCUT2D eigenvalue weighted by atomic mass is 32.1. The van der Waals surface area contributed by atoms with E-state index in [4.69, 9.17) is 5.11 Å². The zero-order chi connectivity index (χ0) is 10.1. The lowest BCUT2D eigenvalue weighted by Gasteiger charge is -1.88. The van der Waals surface area contributed by atoms with Crippen LogP contribution in [-0.4, -0.2) is 21.0 Å². The zero-order valence-electron chi connectivity index (χ0n) is 7.44. The lowest BCUT2D eigenvalue weighted by molar-refractivity contribution is 0.0691. The van der Waals surface area contributed by atoms with Crippen LogP contribution >= 0.6 is 11.3 Å². The van der Waals surface area contributed by atoms with Crippen LogP contribution in [0.5, 0.6) is 0 Å². The first-order valence-corrected chi connectivity index (χ1v) is 4.83. The molecule has 2 aromatic rings. The van der Waals surface area contributed by atoms with Crippen LogP contribution in [0.15, 0.2) is 18.3 Å². The average Bonchev–Trinajstić information content (AvgIpc) is 2.70. The van der Waals surface area contributed by atoms with Crippen molar-refractivity contribution in [1.29, 1.82) is 0 Å². The maximum Gasteiger partial charge on any atom is 0.353 e. The smallest absolute Gasteiger partial charge is 0.353 e. The fourth-order valence-corrected chi connectivity index (χ4v) is 1.94. The number of rotatable bonds is 2. The van der Waals surface area contributed by atoms with Crippen LogP contribution in [0.25, 0.3) is 10.7 Å². The molecule has 0 bridgehead atoms. The van der Waals surface area contributed by atoms with Gasteiger partial charge in [0.2, 0.25) is 0 Å². The SMILES string of the molecule is Cc1ccc(-c2ncc(C(=O)O)[nH]2)s1. The number of carboxylic acids is 1. The molecule has 4 nitrogen and oxygen atoms in total. The molecule has 0 aromatic carbocycles. The zero-order valence-corrected chi connectivity index (χ0v) is 8.26. The second-order valence-electron chi connectivity index (χ2n) is 2.86. The Morgan fingerprint density at radius 1 is 1.57 bits per heavy atom. The van der Waals surface area contributed by atoms with Crippen molar-refractivity contribution in [2.75, 3.05) is 0 Å². The van der Waals surface area contributed by atoms with E-state index in [0.717, 1.165) is 4.88 Å². The fourth-order valence-electron chi connectivity index (χ4n) is 1.12. The molecule has 0 fully saturated rings. The Kier molecular flexibility index (Phi) is 2.09. The first-order chi connectivity index (χ1) is 6.66. The summed E-state index contributed by atoms with van der Waals surface area (Å²) in [5, 5.41) is 8.68. The van der Waals surface area contributed by atoms with Gasteiger partial charge in [0.25, 0.3) is 0 Å². The Morgan fingerprint density at radius 3 is 2.86 bits per heavy atom. The van der Waals surface area contributed by atoms with Crippen LogP contribution in [0.1, 0.15) is 15.4 Å². The van der Waals surface area contributed by atoms with E-state index in [1.807, 2.05) is 19.1 Å². The van der Waals surface area contributed by atoms with Gasteiger partial charge in [-0.05, 0) is 19.1 Å². The van der Waals surface area contributed by atoms with Crippen LogP contribution < -0.4 is 0 Å². The van der Waals surface area contributed by atoms with Crippen LogP contribution in [0.4, 0.5) is 0 Å². The number of H-pyrrole nitrogens is 1. The summed E-state index contributed by atoms with van der Waals surface area (Å²) in [6.45, 7) is 2.00. The summed E-state index contributed by atoms with van der Waals surface area (Å²) in [5.74, 6) is -0.377. The van der Waals surface area contributed by atoms with Crippen molar-refractivity contribution < 1.29 is 9.90 Å². The van der Waals surface area contributed by atoms with Crippen molar-refractivity contribution in [3.63, 3.8) is 0 Å². The molecule has 0 atom stereocenters. The van der Waals surface area contributed by atoms with Gasteiger partial charge in [0.05, 0.1) is 11.1 Å². The molecule has 0 radical (unpaired) electrons. The predicted octanol–water partition coefficient (Wildman–Crippen LogP) is 2.14. The number of nitrogens with zero attached hydrogens (tertiary/aromatic N) is 1. The van der Waals surface area contributed by atoms with Crippen molar-refractivity contribution in [3.05, 3.63) is 28.9 Å². The van der Waals surface area contributed by atoms with Crippen LogP contribution in [0.2, 0.25) is 0 Å². The number of aromatic carboxylic acids is 1. The maximum absolute atomic E-state index is 10.6. The third-order valence-electron chi connectivity index (χ3n) is 1.78. The van der Waals surface area contributed by atoms with Crippen molar-refractivity contribution in [3.8, 4) is 10.7 Å². The lowest BCUT2D eigenvalue weighted by Crippen LogP contribution is -1.95. The molecule has 0 spiro atoms. The Labute approximate surface area is 84.2 Å². The van der Waals surface area contributed by atoms with E-state index in [2.05, 4.69) is 9.97 Å². The monoisotopic (exact) mass is 208 g/mol. The topological polar surface area (TPSA) is 66.0 Å². The summed E-state index contributed by atoms with van der Waals surface area (Å²) in [6, 6.07) is 3.90. The second-order valence-corrected chi connectivity index (χ2v) is 4.15. The van der Waals surface area contributed by atoms with Crippen molar-refractivity contribution in [2.45, 2.75) is 6.92 Å². The van der Waals surface area contributed by atoms with Crippen LogP contribution in [0, 0.1) is 6.92 Å². The molecule has 72 valence electrons. The molecule has 2 aromatic heterocycles. The van der Waals surface area contributed by atoms with Gasteiger partial charge in [0.1, 0.15) is 11.5 Å². The number of imidazole rings is 1. The van der Waals surface area contributed by atoms with Crippen molar-refractivity contribution >= 4 is 17.3 Å². The quantitative estimate of drug-likeness (QED) is 0.794. The first kappa shape index (κ1) is 8.96. The Balaban J connectivity index is 2.38. The normalized spacial score (nSPS) is 10.4. The summed E-state index contributed by atoms with van der Waals surface area (Å²) in [4.78, 5) is 19.4. The average molecular weight is 208 g/mol. The first-order valence-electron chi connectivity index (χ1n) is 4.02. The highest BCUT2D eigenvalue weighted by molar-refractivity contribution is 7.15. The van der Waals surface area contributed by atoms with Gasteiger partial charge >= 0.3 is 5.97 Å². The summed E-state index contributed by atoms with van der Waals surface area (Å²) in [7, 11) is 0. The van der Waals surface area contributed by atoms with E-state index in [1.165, 1.54) is 11.1 Å². The number of carboxylic acid groups (broad SMARTS) is 1. The Morgan fingerprint density at radius 2 is 2.36 bits per heavy atom. The molecule has 0 saturated heterocycles. The Bertz CT molecular complexity index is 473. The van der Waals surface area contributed by atoms with Gasteiger partial charge in [0, 0.05) is 4.88 Å². The largest absolute Gasteiger partial charge is 0.477 e. The van der Waals surface area contributed by atoms with Gasteiger partial charge in [0.15, 0.2) is 0 Å². The summed E-state index contributed by atoms with van der Waals surface area (Å²) in [6.07, 6.45) is 1.33. The number of hydrogen-bond donors (Lipinski definition) is 2. The Hall–Kier alpha value is -1.62. The molecule has 2 heterocycles. The molecule has 2 rings (SSSR count). The molecular formula is C9H8N2O2S. The van der Waals surface area contributed by atoms with Gasteiger partial charge in [-0.2, -0.15) is 0 Å². The van der Waals surface area contributed by atoms with Gasteiger partial charge < -0.3 is 10.1 Å². The number of carbonyl (C=O) groups is 1. The van der Waals surface area contributed by atoms with Gasteiger partial charge in [-0.3, -0.25) is 0 Å². The predicted molar refractivity (Wildman–Crippen MR) is 53.6 cm³/mol. The number of aromatic amines is 1. The highest BCUT2D eigenvalue weighted by Crippen LogP contribution is 2.24. The summed E-state index contributed by atoms with van der Waals surface area (Å²) >= 11 is 1.58. The number of nitrogens with one attached hydrogen (secondary N) is 1. The minimum absolute atomic E-state index is 0.117. The minimum Gasteiger partial charge on any atom is -0.477 e. The van der Waals surface area contributed by atoms with Crippen LogP contribution in [0.3, 0.4) is 0 Å². The number of thiophene rings is 1. The molecule has 0 unspecified atom stereocenters. The van der Waals surface area contributed by atoms with E-state index in [-0.39, 0.29) is 5.69 Å². The molecule has 0 amide bonds. The molecule has 14 heavy (non-hydrogen) atoms. The van der Waals surface area contributed by atoms with E-state index in [0.29, 0.717) is 5.82 Å². The molecule has 0 aliphatic carbocycles. The third kappa shape index (κ3) is 1.54. The van der Waals surface area contributed by atoms with Crippen molar-refractivity contribution in [1.82, 2.24) is 9.97 Å².